The van der Waals surface area contributed by atoms with Crippen LogP contribution in [0.5, 0.6) is 0 Å². The molecule has 1 atom stereocenters. The largest absolute Gasteiger partial charge is 0.366 e. The summed E-state index contributed by atoms with van der Waals surface area (Å²) in [6, 6.07) is 10.7. The van der Waals surface area contributed by atoms with Crippen LogP contribution in [0, 0.1) is 5.82 Å². The predicted octanol–water partition coefficient (Wildman–Crippen LogP) is 2.90. The summed E-state index contributed by atoms with van der Waals surface area (Å²) in [4.78, 5) is 11.6. The minimum absolute atomic E-state index is 0.0937. The van der Waals surface area contributed by atoms with Crippen molar-refractivity contribution in [3.8, 4) is 5.69 Å². The Hall–Kier alpha value is -2.73. The summed E-state index contributed by atoms with van der Waals surface area (Å²) in [5, 5.41) is 8.45. The van der Waals surface area contributed by atoms with Gasteiger partial charge in [0.15, 0.2) is 0 Å². The highest BCUT2D eigenvalue weighted by molar-refractivity contribution is 6.04. The van der Waals surface area contributed by atoms with E-state index in [4.69, 9.17) is 5.73 Å². The van der Waals surface area contributed by atoms with E-state index in [1.807, 2.05) is 12.1 Å². The maximum atomic E-state index is 13.7. The fourth-order valence-electron chi connectivity index (χ4n) is 3.74. The number of fused-ring (bicyclic) bond motifs is 1. The maximum Gasteiger partial charge on any atom is 0.251 e. The number of primary amides is 1. The first-order valence-electron chi connectivity index (χ1n) is 8.77. The standard InChI is InChI=1S/C20H21FN4O/c1-20(7-2-8-23-12-20)14-3-5-16(6-4-14)25-11-13-9-15(21)10-17(19(22)26)18(13)24-25/h3-6,9-11,23H,2,7-8,12H2,1H3,(H2,22,26). The van der Waals surface area contributed by atoms with E-state index >= 15 is 0 Å². The Morgan fingerprint density at radius 2 is 2.08 bits per heavy atom. The zero-order valence-electron chi connectivity index (χ0n) is 14.6. The van der Waals surface area contributed by atoms with E-state index in [0.717, 1.165) is 31.3 Å². The number of nitrogens with one attached hydrogen (secondary N) is 1. The topological polar surface area (TPSA) is 72.9 Å². The van der Waals surface area contributed by atoms with Gasteiger partial charge in [-0.25, -0.2) is 9.07 Å². The zero-order valence-corrected chi connectivity index (χ0v) is 14.6. The molecule has 1 aliphatic heterocycles. The van der Waals surface area contributed by atoms with Crippen LogP contribution in [0.15, 0.2) is 42.6 Å². The number of halogens is 1. The fraction of sp³-hybridized carbons (Fsp3) is 0.300. The van der Waals surface area contributed by atoms with Crippen LogP contribution in [0.25, 0.3) is 16.6 Å². The molecule has 0 spiro atoms. The second-order valence-electron chi connectivity index (χ2n) is 7.22. The van der Waals surface area contributed by atoms with E-state index in [-0.39, 0.29) is 11.0 Å². The normalized spacial score (nSPS) is 20.4. The monoisotopic (exact) mass is 352 g/mol. The number of carbonyl (C=O) groups excluding carboxylic acids is 1. The lowest BCUT2D eigenvalue weighted by molar-refractivity contribution is 0.100. The number of carbonyl (C=O) groups is 1. The Labute approximate surface area is 151 Å². The minimum Gasteiger partial charge on any atom is -0.366 e. The van der Waals surface area contributed by atoms with E-state index in [2.05, 4.69) is 29.5 Å². The molecule has 6 heteroatoms. The number of nitrogens with zero attached hydrogens (tertiary/aromatic N) is 2. The van der Waals surface area contributed by atoms with Crippen molar-refractivity contribution in [2.24, 2.45) is 5.73 Å². The summed E-state index contributed by atoms with van der Waals surface area (Å²) >= 11 is 0. The van der Waals surface area contributed by atoms with Gasteiger partial charge in [-0.3, -0.25) is 4.79 Å². The third-order valence-electron chi connectivity index (χ3n) is 5.26. The van der Waals surface area contributed by atoms with Gasteiger partial charge < -0.3 is 11.1 Å². The first-order chi connectivity index (χ1) is 12.5. The molecule has 2 aromatic carbocycles. The van der Waals surface area contributed by atoms with Gasteiger partial charge in [-0.05, 0) is 49.2 Å². The average molecular weight is 352 g/mol. The Kier molecular flexibility index (Phi) is 4.00. The maximum absolute atomic E-state index is 13.7. The molecule has 1 aromatic heterocycles. The SMILES string of the molecule is CC1(c2ccc(-n3cc4cc(F)cc(C(N)=O)c4n3)cc2)CCCNC1. The molecule has 1 fully saturated rings. The lowest BCUT2D eigenvalue weighted by atomic mass is 9.76. The van der Waals surface area contributed by atoms with Gasteiger partial charge in [-0.1, -0.05) is 19.1 Å². The van der Waals surface area contributed by atoms with Gasteiger partial charge in [-0.15, -0.1) is 0 Å². The van der Waals surface area contributed by atoms with E-state index < -0.39 is 11.7 Å². The molecule has 1 amide bonds. The Balaban J connectivity index is 1.72. The summed E-state index contributed by atoms with van der Waals surface area (Å²) in [5.41, 5.74) is 8.13. The van der Waals surface area contributed by atoms with Crippen molar-refractivity contribution in [3.63, 3.8) is 0 Å². The van der Waals surface area contributed by atoms with Crippen LogP contribution in [0.2, 0.25) is 0 Å². The second-order valence-corrected chi connectivity index (χ2v) is 7.22. The predicted molar refractivity (Wildman–Crippen MR) is 99.0 cm³/mol. The molecule has 0 radical (unpaired) electrons. The molecule has 1 aliphatic rings. The van der Waals surface area contributed by atoms with Crippen molar-refractivity contribution in [3.05, 3.63) is 59.5 Å². The number of rotatable bonds is 3. The zero-order chi connectivity index (χ0) is 18.3. The van der Waals surface area contributed by atoms with Gasteiger partial charge >= 0.3 is 0 Å². The molecule has 4 rings (SSSR count). The number of piperidine rings is 1. The summed E-state index contributed by atoms with van der Waals surface area (Å²) in [6.07, 6.45) is 4.04. The highest BCUT2D eigenvalue weighted by Gasteiger charge is 2.28. The molecule has 0 bridgehead atoms. The molecular weight excluding hydrogens is 331 g/mol. The van der Waals surface area contributed by atoms with Crippen LogP contribution in [0.4, 0.5) is 4.39 Å². The number of benzene rings is 2. The van der Waals surface area contributed by atoms with E-state index in [9.17, 15) is 9.18 Å². The van der Waals surface area contributed by atoms with Crippen molar-refractivity contribution >= 4 is 16.8 Å². The Morgan fingerprint density at radius 3 is 2.73 bits per heavy atom. The third kappa shape index (κ3) is 2.86. The van der Waals surface area contributed by atoms with Crippen LogP contribution in [-0.2, 0) is 5.41 Å². The Morgan fingerprint density at radius 1 is 1.31 bits per heavy atom. The van der Waals surface area contributed by atoms with Crippen molar-refractivity contribution in [2.75, 3.05) is 13.1 Å². The molecule has 1 unspecified atom stereocenters. The smallest absolute Gasteiger partial charge is 0.251 e. The first kappa shape index (κ1) is 16.7. The summed E-state index contributed by atoms with van der Waals surface area (Å²) < 4.78 is 15.4. The highest BCUT2D eigenvalue weighted by atomic mass is 19.1. The lowest BCUT2D eigenvalue weighted by Crippen LogP contribution is -2.41. The molecule has 0 saturated carbocycles. The summed E-state index contributed by atoms with van der Waals surface area (Å²) in [7, 11) is 0. The quantitative estimate of drug-likeness (QED) is 0.761. The third-order valence-corrected chi connectivity index (χ3v) is 5.26. The van der Waals surface area contributed by atoms with Crippen molar-refractivity contribution in [1.82, 2.24) is 15.1 Å². The van der Waals surface area contributed by atoms with Crippen LogP contribution < -0.4 is 11.1 Å². The van der Waals surface area contributed by atoms with E-state index in [1.165, 1.54) is 18.1 Å². The first-order valence-corrected chi connectivity index (χ1v) is 8.77. The average Bonchev–Trinajstić information content (AvgIpc) is 3.05. The van der Waals surface area contributed by atoms with Gasteiger partial charge in [0.25, 0.3) is 5.91 Å². The lowest BCUT2D eigenvalue weighted by Gasteiger charge is -2.34. The number of hydrogen-bond donors (Lipinski definition) is 2. The van der Waals surface area contributed by atoms with Crippen LogP contribution in [0.3, 0.4) is 0 Å². The number of aromatic nitrogens is 2. The second kappa shape index (κ2) is 6.21. The van der Waals surface area contributed by atoms with Crippen molar-refractivity contribution in [1.29, 1.82) is 0 Å². The summed E-state index contributed by atoms with van der Waals surface area (Å²) in [5.74, 6) is -1.19. The van der Waals surface area contributed by atoms with Gasteiger partial charge in [-0.2, -0.15) is 5.10 Å². The van der Waals surface area contributed by atoms with Crippen LogP contribution in [0.1, 0.15) is 35.7 Å². The number of amides is 1. The van der Waals surface area contributed by atoms with Gasteiger partial charge in [0.05, 0.1) is 11.3 Å². The van der Waals surface area contributed by atoms with Gasteiger partial charge in [0.1, 0.15) is 11.3 Å². The van der Waals surface area contributed by atoms with E-state index in [1.54, 1.807) is 10.9 Å². The molecule has 3 N–H and O–H groups in total. The molecule has 2 heterocycles. The molecule has 1 saturated heterocycles. The molecule has 0 aliphatic carbocycles. The van der Waals surface area contributed by atoms with Crippen LogP contribution >= 0.6 is 0 Å². The highest BCUT2D eigenvalue weighted by Crippen LogP contribution is 2.31. The van der Waals surface area contributed by atoms with Gasteiger partial charge in [0.2, 0.25) is 0 Å². The minimum atomic E-state index is -0.687. The summed E-state index contributed by atoms with van der Waals surface area (Å²) in [6.45, 7) is 4.32. The van der Waals surface area contributed by atoms with Crippen molar-refractivity contribution < 1.29 is 9.18 Å². The molecule has 3 aromatic rings. The van der Waals surface area contributed by atoms with Crippen LogP contribution in [-0.4, -0.2) is 28.8 Å². The van der Waals surface area contributed by atoms with Crippen molar-refractivity contribution in [2.45, 2.75) is 25.2 Å². The molecule has 134 valence electrons. The van der Waals surface area contributed by atoms with E-state index in [0.29, 0.717) is 10.9 Å². The molecular formula is C20H21FN4O. The number of hydrogen-bond acceptors (Lipinski definition) is 3. The number of nitrogens with two attached hydrogens (primary N) is 1. The molecule has 26 heavy (non-hydrogen) atoms. The molecule has 5 nitrogen and oxygen atoms in total. The van der Waals surface area contributed by atoms with Gasteiger partial charge in [0, 0.05) is 23.5 Å². The fourth-order valence-corrected chi connectivity index (χ4v) is 3.74. The Bertz CT molecular complexity index is 971.